The monoisotopic (exact) mass is 405 g/mol. The predicted octanol–water partition coefficient (Wildman–Crippen LogP) is 4.25. The number of rotatable bonds is 5. The Morgan fingerprint density at radius 1 is 1.20 bits per heavy atom. The maximum absolute atomic E-state index is 12.9. The number of likely N-dealkylation sites (tertiary alicyclic amines) is 1. The highest BCUT2D eigenvalue weighted by molar-refractivity contribution is 5.95. The summed E-state index contributed by atoms with van der Waals surface area (Å²) >= 11 is 0. The molecule has 1 aromatic carbocycles. The second-order valence-electron chi connectivity index (χ2n) is 8.86. The van der Waals surface area contributed by atoms with Crippen LogP contribution in [0.1, 0.15) is 32.5 Å². The Bertz CT molecular complexity index is 1050. The second kappa shape index (κ2) is 8.56. The average Bonchev–Trinajstić information content (AvgIpc) is 3.05. The van der Waals surface area contributed by atoms with E-state index in [1.165, 1.54) is 0 Å². The van der Waals surface area contributed by atoms with E-state index in [4.69, 9.17) is 0 Å². The van der Waals surface area contributed by atoms with Gasteiger partial charge in [0.1, 0.15) is 11.6 Å². The van der Waals surface area contributed by atoms with Gasteiger partial charge in [-0.2, -0.15) is 0 Å². The van der Waals surface area contributed by atoms with Crippen molar-refractivity contribution in [2.75, 3.05) is 25.0 Å². The first-order valence-corrected chi connectivity index (χ1v) is 10.8. The van der Waals surface area contributed by atoms with Gasteiger partial charge in [-0.1, -0.05) is 26.0 Å². The van der Waals surface area contributed by atoms with E-state index in [0.29, 0.717) is 11.7 Å². The first-order chi connectivity index (χ1) is 14.4. The Labute approximate surface area is 178 Å². The second-order valence-corrected chi connectivity index (χ2v) is 8.86. The topological polar surface area (TPSA) is 63.1 Å². The third-order valence-corrected chi connectivity index (χ3v) is 5.99. The Kier molecular flexibility index (Phi) is 5.86. The van der Waals surface area contributed by atoms with Crippen LogP contribution in [0.5, 0.6) is 0 Å². The zero-order chi connectivity index (χ0) is 21.3. The minimum absolute atomic E-state index is 0.0266. The number of anilines is 1. The van der Waals surface area contributed by atoms with E-state index < -0.39 is 0 Å². The van der Waals surface area contributed by atoms with Gasteiger partial charge in [-0.25, -0.2) is 9.97 Å². The van der Waals surface area contributed by atoms with Gasteiger partial charge in [-0.05, 0) is 49.7 Å². The highest BCUT2D eigenvalue weighted by atomic mass is 16.2. The lowest BCUT2D eigenvalue weighted by Crippen LogP contribution is -2.42. The molecular weight excluding hydrogens is 374 g/mol. The summed E-state index contributed by atoms with van der Waals surface area (Å²) in [5.74, 6) is 2.32. The van der Waals surface area contributed by atoms with Crippen LogP contribution in [0.4, 0.5) is 5.82 Å². The van der Waals surface area contributed by atoms with Crippen molar-refractivity contribution >= 4 is 22.5 Å². The van der Waals surface area contributed by atoms with E-state index in [1.54, 1.807) is 0 Å². The number of nitrogens with zero attached hydrogens (tertiary/aromatic N) is 4. The zero-order valence-corrected chi connectivity index (χ0v) is 18.4. The molecule has 0 unspecified atom stereocenters. The number of fused-ring (bicyclic) bond motifs is 1. The number of piperidine rings is 1. The summed E-state index contributed by atoms with van der Waals surface area (Å²) in [6.07, 6.45) is 5.74. The van der Waals surface area contributed by atoms with Gasteiger partial charge in [0.25, 0.3) is 0 Å². The Morgan fingerprint density at radius 3 is 2.77 bits per heavy atom. The summed E-state index contributed by atoms with van der Waals surface area (Å²) < 4.78 is 2.08. The van der Waals surface area contributed by atoms with Crippen LogP contribution in [0, 0.1) is 18.8 Å². The molecular formula is C24H31N5O. The van der Waals surface area contributed by atoms with E-state index in [1.807, 2.05) is 32.4 Å². The van der Waals surface area contributed by atoms with Crippen LogP contribution in [-0.2, 0) is 11.8 Å². The summed E-state index contributed by atoms with van der Waals surface area (Å²) in [6, 6.07) is 8.25. The number of aryl methyl sites for hydroxylation is 1. The Balaban J connectivity index is 1.51. The fourth-order valence-electron chi connectivity index (χ4n) is 4.32. The van der Waals surface area contributed by atoms with Crippen LogP contribution in [0.3, 0.4) is 0 Å². The van der Waals surface area contributed by atoms with Crippen LogP contribution in [-0.4, -0.2) is 45.0 Å². The number of carbonyl (C=O) groups excluding carboxylic acids is 1. The molecule has 1 saturated heterocycles. The van der Waals surface area contributed by atoms with Crippen LogP contribution in [0.15, 0.2) is 36.7 Å². The third kappa shape index (κ3) is 4.38. The normalized spacial score (nSPS) is 17.6. The van der Waals surface area contributed by atoms with Crippen LogP contribution < -0.4 is 5.32 Å². The van der Waals surface area contributed by atoms with Gasteiger partial charge in [0.15, 0.2) is 0 Å². The van der Waals surface area contributed by atoms with Crippen LogP contribution >= 0.6 is 0 Å². The van der Waals surface area contributed by atoms with Gasteiger partial charge in [-0.15, -0.1) is 0 Å². The van der Waals surface area contributed by atoms with Crippen molar-refractivity contribution in [3.05, 3.63) is 42.5 Å². The molecule has 4 rings (SSSR count). The number of amides is 1. The molecule has 158 valence electrons. The fourth-order valence-corrected chi connectivity index (χ4v) is 4.32. The molecule has 6 heteroatoms. The van der Waals surface area contributed by atoms with E-state index in [2.05, 4.69) is 56.8 Å². The molecule has 30 heavy (non-hydrogen) atoms. The van der Waals surface area contributed by atoms with Gasteiger partial charge in [0, 0.05) is 37.3 Å². The number of nitrogens with one attached hydrogen (secondary N) is 1. The van der Waals surface area contributed by atoms with Gasteiger partial charge in [0.05, 0.1) is 17.8 Å². The molecule has 1 aliphatic rings. The van der Waals surface area contributed by atoms with Crippen molar-refractivity contribution in [1.82, 2.24) is 19.4 Å². The summed E-state index contributed by atoms with van der Waals surface area (Å²) in [6.45, 7) is 9.42. The van der Waals surface area contributed by atoms with Crippen LogP contribution in [0.25, 0.3) is 22.0 Å². The smallest absolute Gasteiger partial charge is 0.229 e. The predicted molar refractivity (Wildman–Crippen MR) is 121 cm³/mol. The molecule has 1 fully saturated rings. The van der Waals surface area contributed by atoms with Crippen LogP contribution in [0.2, 0.25) is 0 Å². The SMILES string of the molecule is Cc1ncc(-c2ccc3cnc(NC(=O)[C@H]4CCCN(CC(C)C)C4)cc3c2)n1C. The quantitative estimate of drug-likeness (QED) is 0.689. The Hall–Kier alpha value is -2.73. The van der Waals surface area contributed by atoms with Crippen molar-refractivity contribution in [1.29, 1.82) is 0 Å². The molecule has 1 amide bonds. The fraction of sp³-hybridized carbons (Fsp3) is 0.458. The van der Waals surface area contributed by atoms with E-state index in [9.17, 15) is 4.79 Å². The number of benzene rings is 1. The number of pyridine rings is 1. The zero-order valence-electron chi connectivity index (χ0n) is 18.4. The van der Waals surface area contributed by atoms with Gasteiger partial charge < -0.3 is 14.8 Å². The molecule has 1 atom stereocenters. The van der Waals surface area contributed by atoms with Gasteiger partial charge in [-0.3, -0.25) is 4.79 Å². The minimum Gasteiger partial charge on any atom is -0.331 e. The molecule has 1 aliphatic heterocycles. The van der Waals surface area contributed by atoms with E-state index >= 15 is 0 Å². The lowest BCUT2D eigenvalue weighted by atomic mass is 9.96. The third-order valence-electron chi connectivity index (χ3n) is 5.99. The largest absolute Gasteiger partial charge is 0.331 e. The summed E-state index contributed by atoms with van der Waals surface area (Å²) in [5, 5.41) is 5.17. The molecule has 3 heterocycles. The van der Waals surface area contributed by atoms with Crippen molar-refractivity contribution in [2.24, 2.45) is 18.9 Å². The lowest BCUT2D eigenvalue weighted by Gasteiger charge is -2.32. The molecule has 6 nitrogen and oxygen atoms in total. The average molecular weight is 406 g/mol. The molecule has 0 bridgehead atoms. The van der Waals surface area contributed by atoms with Crippen molar-refractivity contribution in [3.63, 3.8) is 0 Å². The van der Waals surface area contributed by atoms with E-state index in [-0.39, 0.29) is 11.8 Å². The number of imidazole rings is 1. The van der Waals surface area contributed by atoms with Crippen molar-refractivity contribution in [3.8, 4) is 11.3 Å². The van der Waals surface area contributed by atoms with Gasteiger partial charge >= 0.3 is 0 Å². The first kappa shape index (κ1) is 20.5. The number of hydrogen-bond acceptors (Lipinski definition) is 4. The maximum atomic E-state index is 12.9. The molecule has 3 aromatic rings. The van der Waals surface area contributed by atoms with Gasteiger partial charge in [0.2, 0.25) is 5.91 Å². The molecule has 1 N–H and O–H groups in total. The number of hydrogen-bond donors (Lipinski definition) is 1. The number of aromatic nitrogens is 3. The van der Waals surface area contributed by atoms with Crippen molar-refractivity contribution in [2.45, 2.75) is 33.6 Å². The minimum atomic E-state index is 0.0266. The van der Waals surface area contributed by atoms with Crippen molar-refractivity contribution < 1.29 is 4.79 Å². The highest BCUT2D eigenvalue weighted by Gasteiger charge is 2.26. The summed E-state index contributed by atoms with van der Waals surface area (Å²) in [5.41, 5.74) is 2.18. The molecule has 2 aromatic heterocycles. The summed E-state index contributed by atoms with van der Waals surface area (Å²) in [7, 11) is 2.02. The Morgan fingerprint density at radius 2 is 2.03 bits per heavy atom. The molecule has 0 saturated carbocycles. The van der Waals surface area contributed by atoms with E-state index in [0.717, 1.165) is 60.3 Å². The highest BCUT2D eigenvalue weighted by Crippen LogP contribution is 2.26. The first-order valence-electron chi connectivity index (χ1n) is 10.8. The standard InChI is InChI=1S/C24H31N5O/c1-16(2)14-29-9-5-6-20(15-29)24(30)27-23-11-21-10-18(7-8-19(21)12-26-23)22-13-25-17(3)28(22)4/h7-8,10-13,16,20H,5-6,9,14-15H2,1-4H3,(H,26,27,30)/t20-/m0/s1. The summed E-state index contributed by atoms with van der Waals surface area (Å²) in [4.78, 5) is 24.2. The molecule has 0 radical (unpaired) electrons. The number of carbonyl (C=O) groups is 1. The molecule has 0 spiro atoms. The molecule has 0 aliphatic carbocycles. The lowest BCUT2D eigenvalue weighted by molar-refractivity contribution is -0.121. The maximum Gasteiger partial charge on any atom is 0.229 e.